The summed E-state index contributed by atoms with van der Waals surface area (Å²) in [6.07, 6.45) is 7.03. The average molecular weight is 251 g/mol. The van der Waals surface area contributed by atoms with E-state index in [1.807, 2.05) is 12.1 Å². The number of hydrogen-bond donors (Lipinski definition) is 1. The lowest BCUT2D eigenvalue weighted by molar-refractivity contribution is 0.455. The van der Waals surface area contributed by atoms with E-state index in [2.05, 4.69) is 19.2 Å². The van der Waals surface area contributed by atoms with E-state index in [4.69, 9.17) is 0 Å². The quantitative estimate of drug-likeness (QED) is 0.645. The largest absolute Gasteiger partial charge is 0.314 e. The molecule has 0 saturated heterocycles. The molecule has 2 heteroatoms. The van der Waals surface area contributed by atoms with E-state index in [1.54, 1.807) is 12.1 Å². The minimum Gasteiger partial charge on any atom is -0.314 e. The van der Waals surface area contributed by atoms with Crippen molar-refractivity contribution in [2.45, 2.75) is 58.4 Å². The standard InChI is InChI=1S/C16H26FN/c1-3-5-6-7-11-15(18-4-2)13-14-10-8-9-12-16(14)17/h8-10,12,15,18H,3-7,11,13H2,1-2H3. The van der Waals surface area contributed by atoms with E-state index in [0.29, 0.717) is 6.04 Å². The second-order valence-electron chi connectivity index (χ2n) is 4.90. The summed E-state index contributed by atoms with van der Waals surface area (Å²) in [6.45, 7) is 5.29. The Morgan fingerprint density at radius 3 is 2.56 bits per heavy atom. The lowest BCUT2D eigenvalue weighted by Gasteiger charge is -2.18. The number of likely N-dealkylation sites (N-methyl/N-ethyl adjacent to an activating group) is 1. The van der Waals surface area contributed by atoms with E-state index in [9.17, 15) is 4.39 Å². The van der Waals surface area contributed by atoms with Gasteiger partial charge in [-0.2, -0.15) is 0 Å². The van der Waals surface area contributed by atoms with Gasteiger partial charge in [0.05, 0.1) is 0 Å². The van der Waals surface area contributed by atoms with Crippen molar-refractivity contribution in [3.05, 3.63) is 35.6 Å². The molecule has 0 aliphatic heterocycles. The Bertz CT molecular complexity index is 325. The van der Waals surface area contributed by atoms with Crippen molar-refractivity contribution in [1.29, 1.82) is 0 Å². The lowest BCUT2D eigenvalue weighted by Crippen LogP contribution is -2.31. The zero-order chi connectivity index (χ0) is 13.2. The Hall–Kier alpha value is -0.890. The van der Waals surface area contributed by atoms with Crippen molar-refractivity contribution < 1.29 is 4.39 Å². The van der Waals surface area contributed by atoms with Crippen molar-refractivity contribution in [1.82, 2.24) is 5.32 Å². The third-order valence-corrected chi connectivity index (χ3v) is 3.32. The Morgan fingerprint density at radius 1 is 1.11 bits per heavy atom. The molecule has 1 unspecified atom stereocenters. The summed E-state index contributed by atoms with van der Waals surface area (Å²) in [7, 11) is 0. The molecule has 1 aromatic rings. The third-order valence-electron chi connectivity index (χ3n) is 3.32. The highest BCUT2D eigenvalue weighted by atomic mass is 19.1. The molecule has 1 rings (SSSR count). The van der Waals surface area contributed by atoms with E-state index < -0.39 is 0 Å². The van der Waals surface area contributed by atoms with Crippen molar-refractivity contribution in [3.8, 4) is 0 Å². The van der Waals surface area contributed by atoms with Gasteiger partial charge in [-0.15, -0.1) is 0 Å². The summed E-state index contributed by atoms with van der Waals surface area (Å²) in [5.41, 5.74) is 0.832. The highest BCUT2D eigenvalue weighted by molar-refractivity contribution is 5.18. The molecular weight excluding hydrogens is 225 g/mol. The Balaban J connectivity index is 2.44. The summed E-state index contributed by atoms with van der Waals surface area (Å²) in [4.78, 5) is 0. The molecule has 0 saturated carbocycles. The zero-order valence-corrected chi connectivity index (χ0v) is 11.7. The Labute approximate surface area is 111 Å². The van der Waals surface area contributed by atoms with Crippen LogP contribution in [0.2, 0.25) is 0 Å². The van der Waals surface area contributed by atoms with Crippen molar-refractivity contribution >= 4 is 0 Å². The van der Waals surface area contributed by atoms with Crippen LogP contribution in [0, 0.1) is 5.82 Å². The van der Waals surface area contributed by atoms with Crippen LogP contribution in [0.25, 0.3) is 0 Å². The van der Waals surface area contributed by atoms with Gasteiger partial charge in [0.15, 0.2) is 0 Å². The molecule has 0 aromatic heterocycles. The van der Waals surface area contributed by atoms with Crippen LogP contribution in [-0.4, -0.2) is 12.6 Å². The van der Waals surface area contributed by atoms with Crippen LogP contribution in [0.15, 0.2) is 24.3 Å². The van der Waals surface area contributed by atoms with Crippen LogP contribution >= 0.6 is 0 Å². The minimum atomic E-state index is -0.0750. The normalized spacial score (nSPS) is 12.6. The minimum absolute atomic E-state index is 0.0750. The van der Waals surface area contributed by atoms with Gasteiger partial charge in [0.2, 0.25) is 0 Å². The summed E-state index contributed by atoms with van der Waals surface area (Å²) >= 11 is 0. The maximum atomic E-state index is 13.6. The molecule has 0 radical (unpaired) electrons. The second kappa shape index (κ2) is 9.09. The molecule has 0 amide bonds. The summed E-state index contributed by atoms with van der Waals surface area (Å²) in [5.74, 6) is -0.0750. The van der Waals surface area contributed by atoms with Gasteiger partial charge in [-0.1, -0.05) is 57.7 Å². The van der Waals surface area contributed by atoms with Crippen LogP contribution in [0.3, 0.4) is 0 Å². The monoisotopic (exact) mass is 251 g/mol. The highest BCUT2D eigenvalue weighted by Crippen LogP contribution is 2.13. The van der Waals surface area contributed by atoms with Crippen molar-refractivity contribution in [3.63, 3.8) is 0 Å². The highest BCUT2D eigenvalue weighted by Gasteiger charge is 2.10. The molecule has 0 aliphatic carbocycles. The molecule has 0 spiro atoms. The zero-order valence-electron chi connectivity index (χ0n) is 11.7. The first-order valence-electron chi connectivity index (χ1n) is 7.24. The van der Waals surface area contributed by atoms with E-state index in [0.717, 1.165) is 24.9 Å². The summed E-state index contributed by atoms with van der Waals surface area (Å²) < 4.78 is 13.6. The summed E-state index contributed by atoms with van der Waals surface area (Å²) in [6, 6.07) is 7.52. The van der Waals surface area contributed by atoms with Gasteiger partial charge < -0.3 is 5.32 Å². The van der Waals surface area contributed by atoms with Crippen LogP contribution in [-0.2, 0) is 6.42 Å². The van der Waals surface area contributed by atoms with Crippen molar-refractivity contribution in [2.24, 2.45) is 0 Å². The average Bonchev–Trinajstić information content (AvgIpc) is 2.37. The van der Waals surface area contributed by atoms with Gasteiger partial charge in [0.1, 0.15) is 5.82 Å². The van der Waals surface area contributed by atoms with Crippen LogP contribution in [0.5, 0.6) is 0 Å². The van der Waals surface area contributed by atoms with Crippen LogP contribution < -0.4 is 5.32 Å². The molecule has 1 N–H and O–H groups in total. The first-order valence-corrected chi connectivity index (χ1v) is 7.24. The SMILES string of the molecule is CCCCCCC(Cc1ccccc1F)NCC. The molecule has 18 heavy (non-hydrogen) atoms. The van der Waals surface area contributed by atoms with Gasteiger partial charge in [-0.05, 0) is 31.0 Å². The van der Waals surface area contributed by atoms with E-state index in [1.165, 1.54) is 25.7 Å². The fourth-order valence-electron chi connectivity index (χ4n) is 2.31. The lowest BCUT2D eigenvalue weighted by atomic mass is 9.99. The second-order valence-corrected chi connectivity index (χ2v) is 4.90. The fourth-order valence-corrected chi connectivity index (χ4v) is 2.31. The first kappa shape index (κ1) is 15.2. The number of rotatable bonds is 9. The van der Waals surface area contributed by atoms with E-state index in [-0.39, 0.29) is 5.82 Å². The molecule has 1 atom stereocenters. The molecule has 1 aromatic carbocycles. The number of benzene rings is 1. The molecule has 0 heterocycles. The summed E-state index contributed by atoms with van der Waals surface area (Å²) in [5, 5.41) is 3.47. The Kier molecular flexibility index (Phi) is 7.66. The molecule has 102 valence electrons. The smallest absolute Gasteiger partial charge is 0.126 e. The number of unbranched alkanes of at least 4 members (excludes halogenated alkanes) is 3. The van der Waals surface area contributed by atoms with Gasteiger partial charge in [-0.25, -0.2) is 4.39 Å². The third kappa shape index (κ3) is 5.63. The maximum absolute atomic E-state index is 13.6. The fraction of sp³-hybridized carbons (Fsp3) is 0.625. The number of hydrogen-bond acceptors (Lipinski definition) is 1. The molecule has 0 aliphatic rings. The topological polar surface area (TPSA) is 12.0 Å². The van der Waals surface area contributed by atoms with Crippen LogP contribution in [0.4, 0.5) is 4.39 Å². The number of halogens is 1. The van der Waals surface area contributed by atoms with Crippen LogP contribution in [0.1, 0.15) is 51.5 Å². The van der Waals surface area contributed by atoms with Gasteiger partial charge in [0, 0.05) is 6.04 Å². The van der Waals surface area contributed by atoms with Gasteiger partial charge >= 0.3 is 0 Å². The predicted octanol–water partition coefficient (Wildman–Crippen LogP) is 4.32. The molecular formula is C16H26FN. The van der Waals surface area contributed by atoms with Gasteiger partial charge in [-0.3, -0.25) is 0 Å². The van der Waals surface area contributed by atoms with Crippen molar-refractivity contribution in [2.75, 3.05) is 6.54 Å². The molecule has 1 nitrogen and oxygen atoms in total. The molecule has 0 fully saturated rings. The Morgan fingerprint density at radius 2 is 1.89 bits per heavy atom. The predicted molar refractivity (Wildman–Crippen MR) is 76.3 cm³/mol. The van der Waals surface area contributed by atoms with E-state index >= 15 is 0 Å². The number of nitrogens with one attached hydrogen (secondary N) is 1. The van der Waals surface area contributed by atoms with Gasteiger partial charge in [0.25, 0.3) is 0 Å². The first-order chi connectivity index (χ1) is 8.77. The molecule has 0 bridgehead atoms. The maximum Gasteiger partial charge on any atom is 0.126 e.